The average Bonchev–Trinajstić information content (AvgIpc) is 3.65. The monoisotopic (exact) mass is 536 g/mol. The Labute approximate surface area is 227 Å². The van der Waals surface area contributed by atoms with E-state index in [9.17, 15) is 9.59 Å². The Balaban J connectivity index is 1.37. The van der Waals surface area contributed by atoms with Crippen LogP contribution in [0, 0.1) is 0 Å². The van der Waals surface area contributed by atoms with E-state index in [0.29, 0.717) is 27.5 Å². The van der Waals surface area contributed by atoms with Gasteiger partial charge >= 0.3 is 0 Å². The number of hydrogen-bond acceptors (Lipinski definition) is 8. The third kappa shape index (κ3) is 4.80. The summed E-state index contributed by atoms with van der Waals surface area (Å²) in [5, 5.41) is 11.4. The number of carbonyl (C=O) groups excluding carboxylic acids is 2. The maximum Gasteiger partial charge on any atom is 0.238 e. The molecule has 0 atom stereocenters. The lowest BCUT2D eigenvalue weighted by molar-refractivity contribution is -0.116. The molecule has 0 aliphatic carbocycles. The van der Waals surface area contributed by atoms with Gasteiger partial charge in [-0.05, 0) is 63.5 Å². The van der Waals surface area contributed by atoms with E-state index in [0.717, 1.165) is 38.2 Å². The normalized spacial score (nSPS) is 11.5. The second kappa shape index (κ2) is 9.86. The van der Waals surface area contributed by atoms with Crippen LogP contribution < -0.4 is 5.32 Å². The third-order valence-electron chi connectivity index (χ3n) is 6.17. The number of anilines is 1. The molecule has 0 fully saturated rings. The molecule has 194 valence electrons. The van der Waals surface area contributed by atoms with E-state index in [1.807, 2.05) is 56.6 Å². The number of fused-ring (bicyclic) bond motifs is 2. The lowest BCUT2D eigenvalue weighted by atomic mass is 10.1. The van der Waals surface area contributed by atoms with Crippen molar-refractivity contribution in [2.45, 2.75) is 6.92 Å². The number of hydrogen-bond donors (Lipinski definition) is 3. The maximum atomic E-state index is 12.2. The lowest BCUT2D eigenvalue weighted by Gasteiger charge is -2.10. The largest absolute Gasteiger partial charge is 0.353 e. The molecular weight excluding hydrogens is 512 g/mol. The van der Waals surface area contributed by atoms with Crippen LogP contribution >= 0.6 is 11.3 Å². The number of Topliss-reactive ketones (excluding diaryl/α,β-unsaturated/α-hetero) is 1. The van der Waals surface area contributed by atoms with E-state index in [4.69, 9.17) is 4.98 Å². The summed E-state index contributed by atoms with van der Waals surface area (Å²) in [5.41, 5.74) is 6.75. The van der Waals surface area contributed by atoms with Gasteiger partial charge in [0.05, 0.1) is 50.8 Å². The summed E-state index contributed by atoms with van der Waals surface area (Å²) in [7, 11) is 3.68. The zero-order valence-corrected chi connectivity index (χ0v) is 22.3. The standard InChI is InChI=1S/C28H24N8O2S/c1-15(37)23-6-7-24(39-23)26-18-11-22(32-20(18)8-9-30-26)28-27-21(34-35-28)5-4-19(33-27)16-10-17(13-29-12-16)31-25(38)14-36(2)3/h4-13,32H,14H2,1-3H3,(H,31,38)(H,34,35). The van der Waals surface area contributed by atoms with Crippen molar-refractivity contribution in [2.24, 2.45) is 0 Å². The van der Waals surface area contributed by atoms with Crippen molar-refractivity contribution >= 4 is 50.7 Å². The first-order valence-corrected chi connectivity index (χ1v) is 13.0. The molecule has 0 aliphatic heterocycles. The molecule has 0 aromatic carbocycles. The van der Waals surface area contributed by atoms with Gasteiger partial charge in [-0.2, -0.15) is 5.10 Å². The summed E-state index contributed by atoms with van der Waals surface area (Å²) in [4.78, 5) is 44.7. The minimum absolute atomic E-state index is 0.0368. The van der Waals surface area contributed by atoms with Crippen molar-refractivity contribution in [3.8, 4) is 33.2 Å². The van der Waals surface area contributed by atoms with Crippen LogP contribution in [0.25, 0.3) is 55.2 Å². The molecule has 0 radical (unpaired) electrons. The zero-order valence-electron chi connectivity index (χ0n) is 21.4. The van der Waals surface area contributed by atoms with Crippen molar-refractivity contribution < 1.29 is 9.59 Å². The van der Waals surface area contributed by atoms with Gasteiger partial charge in [0.15, 0.2) is 5.78 Å². The molecule has 10 nitrogen and oxygen atoms in total. The first-order chi connectivity index (χ1) is 18.9. The number of rotatable bonds is 7. The van der Waals surface area contributed by atoms with E-state index in [1.165, 1.54) is 11.3 Å². The van der Waals surface area contributed by atoms with Crippen molar-refractivity contribution in [3.63, 3.8) is 0 Å². The van der Waals surface area contributed by atoms with Crippen LogP contribution in [-0.2, 0) is 4.79 Å². The molecule has 0 aliphatic rings. The Morgan fingerprint density at radius 1 is 1.03 bits per heavy atom. The van der Waals surface area contributed by atoms with Gasteiger partial charge < -0.3 is 15.2 Å². The van der Waals surface area contributed by atoms with E-state index in [1.54, 1.807) is 30.4 Å². The zero-order chi connectivity index (χ0) is 27.1. The number of nitrogens with zero attached hydrogens (tertiary/aromatic N) is 5. The number of likely N-dealkylation sites (N-methyl/N-ethyl adjacent to an activating group) is 1. The fourth-order valence-corrected chi connectivity index (χ4v) is 5.33. The number of H-pyrrole nitrogens is 2. The van der Waals surface area contributed by atoms with Crippen molar-refractivity contribution in [3.05, 3.63) is 65.9 Å². The molecule has 0 unspecified atom stereocenters. The first-order valence-electron chi connectivity index (χ1n) is 12.2. The van der Waals surface area contributed by atoms with E-state index in [2.05, 4.69) is 30.5 Å². The van der Waals surface area contributed by atoms with Crippen LogP contribution in [0.4, 0.5) is 5.69 Å². The summed E-state index contributed by atoms with van der Waals surface area (Å²) in [6.45, 7) is 1.84. The molecule has 0 saturated heterocycles. The number of nitrogens with one attached hydrogen (secondary N) is 3. The molecule has 6 aromatic heterocycles. The van der Waals surface area contributed by atoms with Gasteiger partial charge in [0.1, 0.15) is 11.2 Å². The Kier molecular flexibility index (Phi) is 6.21. The van der Waals surface area contributed by atoms with Gasteiger partial charge in [-0.25, -0.2) is 4.98 Å². The Morgan fingerprint density at radius 3 is 2.69 bits per heavy atom. The fourth-order valence-electron chi connectivity index (χ4n) is 4.42. The van der Waals surface area contributed by atoms with Gasteiger partial charge in [0.2, 0.25) is 5.91 Å². The quantitative estimate of drug-likeness (QED) is 0.245. The highest BCUT2D eigenvalue weighted by molar-refractivity contribution is 7.17. The summed E-state index contributed by atoms with van der Waals surface area (Å²) in [6.07, 6.45) is 5.08. The maximum absolute atomic E-state index is 12.2. The molecule has 6 heterocycles. The molecule has 11 heteroatoms. The predicted octanol–water partition coefficient (Wildman–Crippen LogP) is 4.99. The van der Waals surface area contributed by atoms with Gasteiger partial charge in [-0.1, -0.05) is 0 Å². The Hall–Kier alpha value is -4.74. The molecule has 0 saturated carbocycles. The third-order valence-corrected chi connectivity index (χ3v) is 7.37. The number of ketones is 1. The first kappa shape index (κ1) is 24.6. The Bertz CT molecular complexity index is 1870. The van der Waals surface area contributed by atoms with Gasteiger partial charge in [0, 0.05) is 28.9 Å². The van der Waals surface area contributed by atoms with Crippen molar-refractivity contribution in [1.82, 2.24) is 35.0 Å². The molecule has 3 N–H and O–H groups in total. The average molecular weight is 537 g/mol. The molecule has 1 amide bonds. The summed E-state index contributed by atoms with van der Waals surface area (Å²) in [5.74, 6) is -0.0815. The number of thiophene rings is 1. The van der Waals surface area contributed by atoms with Crippen LogP contribution in [0.5, 0.6) is 0 Å². The topological polar surface area (TPSA) is 133 Å². The van der Waals surface area contributed by atoms with Crippen LogP contribution in [0.1, 0.15) is 16.6 Å². The SMILES string of the molecule is CC(=O)c1ccc(-c2nccc3[nH]c(-c4n[nH]c5ccc(-c6cncc(NC(=O)CN(C)C)c6)nc45)cc23)s1. The smallest absolute Gasteiger partial charge is 0.238 e. The minimum Gasteiger partial charge on any atom is -0.353 e. The summed E-state index contributed by atoms with van der Waals surface area (Å²) in [6, 6.07) is 13.4. The number of aromatic amines is 2. The Morgan fingerprint density at radius 2 is 1.90 bits per heavy atom. The lowest BCUT2D eigenvalue weighted by Crippen LogP contribution is -2.27. The summed E-state index contributed by atoms with van der Waals surface area (Å²) < 4.78 is 0. The van der Waals surface area contributed by atoms with Gasteiger partial charge in [-0.15, -0.1) is 11.3 Å². The number of pyridine rings is 3. The number of aromatic nitrogens is 6. The highest BCUT2D eigenvalue weighted by Crippen LogP contribution is 2.35. The molecule has 0 bridgehead atoms. The second-order valence-corrected chi connectivity index (χ2v) is 10.5. The highest BCUT2D eigenvalue weighted by Gasteiger charge is 2.17. The molecule has 0 spiro atoms. The van der Waals surface area contributed by atoms with Crippen LogP contribution in [-0.4, -0.2) is 67.4 Å². The molecule has 39 heavy (non-hydrogen) atoms. The molecular formula is C28H24N8O2S. The number of carbonyl (C=O) groups is 2. The molecule has 6 aromatic rings. The van der Waals surface area contributed by atoms with E-state index >= 15 is 0 Å². The van der Waals surface area contributed by atoms with Crippen LogP contribution in [0.15, 0.2) is 61.1 Å². The van der Waals surface area contributed by atoms with Gasteiger partial charge in [0.25, 0.3) is 0 Å². The van der Waals surface area contributed by atoms with Gasteiger partial charge in [-0.3, -0.25) is 24.7 Å². The van der Waals surface area contributed by atoms with Crippen molar-refractivity contribution in [1.29, 1.82) is 0 Å². The van der Waals surface area contributed by atoms with Crippen molar-refractivity contribution in [2.75, 3.05) is 26.0 Å². The van der Waals surface area contributed by atoms with E-state index in [-0.39, 0.29) is 18.2 Å². The highest BCUT2D eigenvalue weighted by atomic mass is 32.1. The van der Waals surface area contributed by atoms with E-state index < -0.39 is 0 Å². The second-order valence-electron chi connectivity index (χ2n) is 9.44. The van der Waals surface area contributed by atoms with Crippen LogP contribution in [0.2, 0.25) is 0 Å². The molecule has 6 rings (SSSR count). The summed E-state index contributed by atoms with van der Waals surface area (Å²) >= 11 is 1.43. The predicted molar refractivity (Wildman–Crippen MR) is 153 cm³/mol. The van der Waals surface area contributed by atoms with Crippen LogP contribution in [0.3, 0.4) is 0 Å². The minimum atomic E-state index is -0.118. The number of amides is 1. The fraction of sp³-hybridized carbons (Fsp3) is 0.143.